The van der Waals surface area contributed by atoms with E-state index in [1.807, 2.05) is 20.8 Å². The molecule has 0 amide bonds. The molecule has 0 nitrogen and oxygen atoms in total. The van der Waals surface area contributed by atoms with Crippen LogP contribution in [0.1, 0.15) is 40.0 Å². The molecule has 0 heterocycles. The lowest BCUT2D eigenvalue weighted by atomic mass is 10.8. The predicted octanol–water partition coefficient (Wildman–Crippen LogP) is 3.39. The fraction of sp³-hybridized carbons (Fsp3) is 0.750. The van der Waals surface area contributed by atoms with E-state index in [0.717, 1.165) is 0 Å². The lowest BCUT2D eigenvalue weighted by Gasteiger charge is -1.31. The monoisotopic (exact) mass is 114 g/mol. The smallest absolute Gasteiger partial charge is 0.0473 e. The van der Waals surface area contributed by atoms with Gasteiger partial charge in [-0.05, 0) is 6.92 Å². The summed E-state index contributed by atoms with van der Waals surface area (Å²) in [6.07, 6.45) is 6.25. The van der Waals surface area contributed by atoms with E-state index in [9.17, 15) is 0 Å². The van der Waals surface area contributed by atoms with Crippen LogP contribution in [-0.4, -0.2) is 0 Å². The zero-order chi connectivity index (χ0) is 6.83. The van der Waals surface area contributed by atoms with Gasteiger partial charge in [-0.2, -0.15) is 0 Å². The Morgan fingerprint density at radius 2 is 1.25 bits per heavy atom. The number of hydrogen-bond donors (Lipinski definition) is 0. The van der Waals surface area contributed by atoms with Crippen molar-refractivity contribution in [3.05, 3.63) is 12.7 Å². The van der Waals surface area contributed by atoms with Crippen molar-refractivity contribution in [2.45, 2.75) is 40.0 Å². The molecule has 1 aliphatic carbocycles. The highest BCUT2D eigenvalue weighted by Crippen LogP contribution is 2.14. The lowest BCUT2D eigenvalue weighted by molar-refractivity contribution is 1.50. The summed E-state index contributed by atoms with van der Waals surface area (Å²) in [6, 6.07) is 0. The van der Waals surface area contributed by atoms with E-state index in [4.69, 9.17) is 0 Å². The Hall–Kier alpha value is -0.260. The summed E-state index contributed by atoms with van der Waals surface area (Å²) in [7, 11) is 0. The van der Waals surface area contributed by atoms with E-state index >= 15 is 0 Å². The molecule has 50 valence electrons. The Balaban J connectivity index is 0. The molecule has 1 saturated carbocycles. The van der Waals surface area contributed by atoms with Gasteiger partial charge in [-0.3, -0.25) is 0 Å². The Morgan fingerprint density at radius 1 is 1.12 bits per heavy atom. The van der Waals surface area contributed by atoms with Crippen molar-refractivity contribution in [3.8, 4) is 0 Å². The van der Waals surface area contributed by atoms with Crippen LogP contribution in [0.5, 0.6) is 0 Å². The minimum Gasteiger partial charge on any atom is -0.103 e. The van der Waals surface area contributed by atoms with Crippen LogP contribution in [0.15, 0.2) is 12.7 Å². The van der Waals surface area contributed by atoms with Crippen LogP contribution in [0.3, 0.4) is 0 Å². The van der Waals surface area contributed by atoms with E-state index < -0.39 is 0 Å². The van der Waals surface area contributed by atoms with Gasteiger partial charge < -0.3 is 0 Å². The van der Waals surface area contributed by atoms with Crippen molar-refractivity contribution >= 4 is 0 Å². The van der Waals surface area contributed by atoms with E-state index in [-0.39, 0.29) is 0 Å². The van der Waals surface area contributed by atoms with E-state index in [1.165, 1.54) is 19.3 Å². The quantitative estimate of drug-likeness (QED) is 0.423. The van der Waals surface area contributed by atoms with Gasteiger partial charge in [0.15, 0.2) is 0 Å². The molecule has 0 aliphatic heterocycles. The Kier molecular flexibility index (Phi) is 21.2. The van der Waals surface area contributed by atoms with Crippen LogP contribution in [0.4, 0.5) is 0 Å². The highest BCUT2D eigenvalue weighted by Gasteiger charge is 1.95. The van der Waals surface area contributed by atoms with Gasteiger partial charge >= 0.3 is 0 Å². The highest BCUT2D eigenvalue weighted by atomic mass is 14.0. The van der Waals surface area contributed by atoms with Crippen molar-refractivity contribution in [2.24, 2.45) is 0 Å². The van der Waals surface area contributed by atoms with Gasteiger partial charge in [-0.25, -0.2) is 0 Å². The zero-order valence-corrected chi connectivity index (χ0v) is 6.41. The molecule has 0 radical (unpaired) electrons. The fourth-order valence-electron chi connectivity index (χ4n) is 0. The molecule has 0 aromatic rings. The predicted molar refractivity (Wildman–Crippen MR) is 41.1 cm³/mol. The van der Waals surface area contributed by atoms with Gasteiger partial charge in [0, 0.05) is 0 Å². The molecule has 0 aromatic carbocycles. The Labute approximate surface area is 53.6 Å². The molecule has 0 aromatic heterocycles. The molecule has 0 atom stereocenters. The normalized spacial score (nSPS) is 11.4. The second-order valence-electron chi connectivity index (χ2n) is 1.47. The molecule has 1 aliphatic rings. The topological polar surface area (TPSA) is 0 Å². The summed E-state index contributed by atoms with van der Waals surface area (Å²) < 4.78 is 0. The fourth-order valence-corrected chi connectivity index (χ4v) is 0. The van der Waals surface area contributed by atoms with Gasteiger partial charge in [0.25, 0.3) is 0 Å². The molecule has 1 fully saturated rings. The van der Waals surface area contributed by atoms with E-state index in [1.54, 1.807) is 6.08 Å². The average Bonchev–Trinajstić information content (AvgIpc) is 2.54. The molecule has 8 heavy (non-hydrogen) atoms. The summed E-state index contributed by atoms with van der Waals surface area (Å²) >= 11 is 0. The molecule has 0 N–H and O–H groups in total. The first-order valence-corrected chi connectivity index (χ1v) is 3.49. The van der Waals surface area contributed by atoms with Crippen molar-refractivity contribution in [3.63, 3.8) is 0 Å². The summed E-state index contributed by atoms with van der Waals surface area (Å²) in [5.74, 6) is 0. The molecular weight excluding hydrogens is 96.1 g/mol. The summed E-state index contributed by atoms with van der Waals surface area (Å²) in [4.78, 5) is 0. The maximum absolute atomic E-state index is 3.36. The van der Waals surface area contributed by atoms with Gasteiger partial charge in [-0.15, -0.1) is 6.58 Å². The number of hydrogen-bond acceptors (Lipinski definition) is 0. The third-order valence-corrected chi connectivity index (χ3v) is 0.354. The van der Waals surface area contributed by atoms with Crippen molar-refractivity contribution < 1.29 is 0 Å². The second kappa shape index (κ2) is 15.9. The standard InChI is InChI=1S/2C3H6.C2H6/c1-2-3-1;1-3-2;1-2/h1-3H2;3H,1H2,2H3;1-2H3. The van der Waals surface area contributed by atoms with Crippen LogP contribution in [-0.2, 0) is 0 Å². The summed E-state index contributed by atoms with van der Waals surface area (Å²) in [5, 5.41) is 0. The van der Waals surface area contributed by atoms with E-state index in [0.29, 0.717) is 0 Å². The van der Waals surface area contributed by atoms with Crippen molar-refractivity contribution in [1.82, 2.24) is 0 Å². The second-order valence-corrected chi connectivity index (χ2v) is 1.47. The van der Waals surface area contributed by atoms with Crippen molar-refractivity contribution in [2.75, 3.05) is 0 Å². The van der Waals surface area contributed by atoms with Gasteiger partial charge in [0.05, 0.1) is 0 Å². The number of allylic oxidation sites excluding steroid dienone is 1. The highest BCUT2D eigenvalue weighted by molar-refractivity contribution is 4.51. The van der Waals surface area contributed by atoms with Gasteiger partial charge in [-0.1, -0.05) is 39.2 Å². The minimum absolute atomic E-state index is 1.50. The van der Waals surface area contributed by atoms with Gasteiger partial charge in [0.1, 0.15) is 0 Å². The lowest BCUT2D eigenvalue weighted by Crippen LogP contribution is -1.07. The van der Waals surface area contributed by atoms with Crippen LogP contribution in [0.2, 0.25) is 0 Å². The molecule has 0 heteroatoms. The van der Waals surface area contributed by atoms with Crippen LogP contribution in [0.25, 0.3) is 0 Å². The molecule has 1 rings (SSSR count). The Bertz CT molecular complexity index is 24.3. The molecular formula is C8H18. The maximum atomic E-state index is 3.36. The van der Waals surface area contributed by atoms with Crippen LogP contribution >= 0.6 is 0 Å². The average molecular weight is 114 g/mol. The first kappa shape index (κ1) is 10.7. The first-order valence-electron chi connectivity index (χ1n) is 3.49. The molecule has 0 saturated heterocycles. The summed E-state index contributed by atoms with van der Waals surface area (Å²) in [6.45, 7) is 9.25. The van der Waals surface area contributed by atoms with Crippen molar-refractivity contribution in [1.29, 1.82) is 0 Å². The molecule has 0 bridgehead atoms. The Morgan fingerprint density at radius 3 is 1.25 bits per heavy atom. The van der Waals surface area contributed by atoms with Crippen LogP contribution in [0, 0.1) is 0 Å². The maximum Gasteiger partial charge on any atom is -0.0473 e. The largest absolute Gasteiger partial charge is 0.103 e. The molecule has 0 spiro atoms. The SMILES string of the molecule is C1CC1.C=CC.CC. The molecule has 0 unspecified atom stereocenters. The third kappa shape index (κ3) is 236. The third-order valence-electron chi connectivity index (χ3n) is 0.354. The zero-order valence-electron chi connectivity index (χ0n) is 6.41. The number of rotatable bonds is 0. The van der Waals surface area contributed by atoms with Crippen LogP contribution < -0.4 is 0 Å². The summed E-state index contributed by atoms with van der Waals surface area (Å²) in [5.41, 5.74) is 0. The first-order chi connectivity index (χ1) is 3.91. The van der Waals surface area contributed by atoms with Gasteiger partial charge in [0.2, 0.25) is 0 Å². The minimum atomic E-state index is 1.50. The van der Waals surface area contributed by atoms with E-state index in [2.05, 4.69) is 6.58 Å².